The lowest BCUT2D eigenvalue weighted by atomic mass is 9.98. The number of benzene rings is 2. The third-order valence-electron chi connectivity index (χ3n) is 7.52. The Morgan fingerprint density at radius 1 is 0.971 bits per heavy atom. The second-order valence-electron chi connectivity index (χ2n) is 9.60. The molecule has 5 rings (SSSR count). The molecule has 178 valence electrons. The van der Waals surface area contributed by atoms with Crippen molar-refractivity contribution in [2.75, 3.05) is 13.2 Å². The first-order valence-electron chi connectivity index (χ1n) is 12.1. The number of alkyl carbamates (subject to hydrolysis) is 1. The molecule has 1 saturated carbocycles. The zero-order valence-electron chi connectivity index (χ0n) is 19.1. The van der Waals surface area contributed by atoms with Crippen molar-refractivity contribution in [1.29, 1.82) is 0 Å². The topological polar surface area (TPSA) is 95.9 Å². The standard InChI is InChI=1S/C27H30N2O5/c30-25(31)15-19-6-5-13-29(19)26(32)17-11-12-18(14-17)28-27(33)34-16-24-22-9-3-1-7-20(22)21-8-2-4-10-23(21)24/h1-4,7-10,17-19,24H,5-6,11-16H2,(H,28,33)(H,30,31). The van der Waals surface area contributed by atoms with Crippen LogP contribution in [0, 0.1) is 5.92 Å². The fraction of sp³-hybridized carbons (Fsp3) is 0.444. The molecule has 0 radical (unpaired) electrons. The van der Waals surface area contributed by atoms with Crippen molar-refractivity contribution in [3.05, 3.63) is 59.7 Å². The van der Waals surface area contributed by atoms with Crippen LogP contribution in [0.3, 0.4) is 0 Å². The van der Waals surface area contributed by atoms with Crippen LogP contribution in [0.15, 0.2) is 48.5 Å². The zero-order chi connectivity index (χ0) is 23.7. The molecule has 7 nitrogen and oxygen atoms in total. The number of carbonyl (C=O) groups excluding carboxylic acids is 2. The summed E-state index contributed by atoms with van der Waals surface area (Å²) in [4.78, 5) is 38.4. The number of aliphatic carboxylic acids is 1. The summed E-state index contributed by atoms with van der Waals surface area (Å²) in [6.45, 7) is 0.886. The van der Waals surface area contributed by atoms with Crippen LogP contribution < -0.4 is 5.32 Å². The number of hydrogen-bond acceptors (Lipinski definition) is 4. The van der Waals surface area contributed by atoms with Gasteiger partial charge in [-0.25, -0.2) is 4.79 Å². The Hall–Kier alpha value is -3.35. The van der Waals surface area contributed by atoms with Crippen molar-refractivity contribution in [1.82, 2.24) is 10.2 Å². The Morgan fingerprint density at radius 3 is 2.32 bits per heavy atom. The van der Waals surface area contributed by atoms with Crippen molar-refractivity contribution in [3.8, 4) is 11.1 Å². The van der Waals surface area contributed by atoms with E-state index in [-0.39, 0.29) is 42.9 Å². The molecule has 1 heterocycles. The van der Waals surface area contributed by atoms with Gasteiger partial charge in [0.1, 0.15) is 6.61 Å². The first-order valence-corrected chi connectivity index (χ1v) is 12.1. The predicted octanol–water partition coefficient (Wildman–Crippen LogP) is 4.16. The molecule has 3 aliphatic rings. The van der Waals surface area contributed by atoms with E-state index in [4.69, 9.17) is 9.84 Å². The van der Waals surface area contributed by atoms with Gasteiger partial charge < -0.3 is 20.1 Å². The Labute approximate surface area is 199 Å². The van der Waals surface area contributed by atoms with Crippen molar-refractivity contribution in [2.45, 2.75) is 56.5 Å². The molecule has 3 atom stereocenters. The normalized spacial score (nSPS) is 23.4. The zero-order valence-corrected chi connectivity index (χ0v) is 19.1. The van der Waals surface area contributed by atoms with Crippen LogP contribution in [-0.2, 0) is 14.3 Å². The molecule has 2 aromatic rings. The number of hydrogen-bond donors (Lipinski definition) is 2. The van der Waals surface area contributed by atoms with E-state index in [2.05, 4.69) is 29.6 Å². The number of fused-ring (bicyclic) bond motifs is 3. The summed E-state index contributed by atoms with van der Waals surface area (Å²) >= 11 is 0. The van der Waals surface area contributed by atoms with E-state index in [1.807, 2.05) is 24.3 Å². The smallest absolute Gasteiger partial charge is 0.407 e. The molecular formula is C27H30N2O5. The van der Waals surface area contributed by atoms with Gasteiger partial charge in [0, 0.05) is 30.5 Å². The van der Waals surface area contributed by atoms with Crippen LogP contribution in [0.4, 0.5) is 4.79 Å². The number of likely N-dealkylation sites (tertiary alicyclic amines) is 1. The van der Waals surface area contributed by atoms with Gasteiger partial charge in [0.25, 0.3) is 0 Å². The maximum Gasteiger partial charge on any atom is 0.407 e. The van der Waals surface area contributed by atoms with E-state index in [1.165, 1.54) is 22.3 Å². The van der Waals surface area contributed by atoms with Gasteiger partial charge in [0.2, 0.25) is 5.91 Å². The summed E-state index contributed by atoms with van der Waals surface area (Å²) in [6.07, 6.45) is 3.12. The largest absolute Gasteiger partial charge is 0.481 e. The highest BCUT2D eigenvalue weighted by Crippen LogP contribution is 2.44. The number of carboxylic acid groups (broad SMARTS) is 1. The lowest BCUT2D eigenvalue weighted by Gasteiger charge is -2.26. The Bertz CT molecular complexity index is 1050. The molecule has 2 fully saturated rings. The molecule has 2 amide bonds. The van der Waals surface area contributed by atoms with Gasteiger partial charge in [-0.1, -0.05) is 48.5 Å². The average Bonchev–Trinajstić information content (AvgIpc) is 3.55. The molecule has 0 spiro atoms. The van der Waals surface area contributed by atoms with Crippen LogP contribution in [0.2, 0.25) is 0 Å². The van der Waals surface area contributed by atoms with E-state index in [9.17, 15) is 14.4 Å². The molecule has 0 bridgehead atoms. The molecule has 2 aromatic carbocycles. The number of nitrogens with one attached hydrogen (secondary N) is 1. The average molecular weight is 463 g/mol. The van der Waals surface area contributed by atoms with Crippen molar-refractivity contribution < 1.29 is 24.2 Å². The Balaban J connectivity index is 1.15. The fourth-order valence-electron chi connectivity index (χ4n) is 5.92. The molecule has 3 unspecified atom stereocenters. The minimum Gasteiger partial charge on any atom is -0.481 e. The van der Waals surface area contributed by atoms with Crippen LogP contribution in [0.5, 0.6) is 0 Å². The maximum atomic E-state index is 13.0. The van der Waals surface area contributed by atoms with Gasteiger partial charge in [-0.05, 0) is 54.4 Å². The number of amides is 2. The number of rotatable bonds is 6. The Kier molecular flexibility index (Phi) is 6.26. The summed E-state index contributed by atoms with van der Waals surface area (Å²) < 4.78 is 5.65. The number of carbonyl (C=O) groups is 3. The van der Waals surface area contributed by atoms with Gasteiger partial charge in [-0.15, -0.1) is 0 Å². The molecule has 0 aromatic heterocycles. The van der Waals surface area contributed by atoms with Crippen molar-refractivity contribution in [3.63, 3.8) is 0 Å². The number of nitrogens with zero attached hydrogens (tertiary/aromatic N) is 1. The minimum atomic E-state index is -0.870. The monoisotopic (exact) mass is 462 g/mol. The number of ether oxygens (including phenoxy) is 1. The van der Waals surface area contributed by atoms with E-state index in [1.54, 1.807) is 4.90 Å². The molecular weight excluding hydrogens is 432 g/mol. The van der Waals surface area contributed by atoms with Gasteiger partial charge in [-0.2, -0.15) is 0 Å². The third kappa shape index (κ3) is 4.39. The summed E-state index contributed by atoms with van der Waals surface area (Å²) in [5, 5.41) is 12.1. The lowest BCUT2D eigenvalue weighted by molar-refractivity contribution is -0.141. The van der Waals surface area contributed by atoms with E-state index < -0.39 is 12.1 Å². The first-order chi connectivity index (χ1) is 16.5. The lowest BCUT2D eigenvalue weighted by Crippen LogP contribution is -2.41. The molecule has 2 aliphatic carbocycles. The maximum absolute atomic E-state index is 13.0. The van der Waals surface area contributed by atoms with Crippen LogP contribution in [0.25, 0.3) is 11.1 Å². The quantitative estimate of drug-likeness (QED) is 0.672. The van der Waals surface area contributed by atoms with Gasteiger partial charge in [0.15, 0.2) is 0 Å². The van der Waals surface area contributed by atoms with Gasteiger partial charge in [-0.3, -0.25) is 9.59 Å². The second kappa shape index (κ2) is 9.49. The van der Waals surface area contributed by atoms with Crippen LogP contribution >= 0.6 is 0 Å². The summed E-state index contributed by atoms with van der Waals surface area (Å²) in [7, 11) is 0. The number of carboxylic acids is 1. The first kappa shape index (κ1) is 22.4. The highest BCUT2D eigenvalue weighted by Gasteiger charge is 2.38. The van der Waals surface area contributed by atoms with E-state index >= 15 is 0 Å². The molecule has 1 aliphatic heterocycles. The highest BCUT2D eigenvalue weighted by molar-refractivity contribution is 5.81. The summed E-state index contributed by atoms with van der Waals surface area (Å²) in [5.41, 5.74) is 4.72. The fourth-order valence-corrected chi connectivity index (χ4v) is 5.92. The predicted molar refractivity (Wildman–Crippen MR) is 126 cm³/mol. The summed E-state index contributed by atoms with van der Waals surface area (Å²) in [5.74, 6) is -1.00. The SMILES string of the molecule is O=C(O)CC1CCCN1C(=O)C1CCC(NC(=O)OCC2c3ccccc3-c3ccccc32)C1. The van der Waals surface area contributed by atoms with Gasteiger partial charge in [0.05, 0.1) is 6.42 Å². The van der Waals surface area contributed by atoms with Crippen LogP contribution in [-0.4, -0.2) is 53.2 Å². The van der Waals surface area contributed by atoms with E-state index in [0.29, 0.717) is 19.4 Å². The summed E-state index contributed by atoms with van der Waals surface area (Å²) in [6, 6.07) is 16.1. The highest BCUT2D eigenvalue weighted by atomic mass is 16.5. The second-order valence-corrected chi connectivity index (χ2v) is 9.60. The Morgan fingerprint density at radius 2 is 1.65 bits per heavy atom. The molecule has 2 N–H and O–H groups in total. The van der Waals surface area contributed by atoms with E-state index in [0.717, 1.165) is 19.3 Å². The minimum absolute atomic E-state index is 0.000111. The van der Waals surface area contributed by atoms with Crippen LogP contribution in [0.1, 0.15) is 55.6 Å². The molecule has 1 saturated heterocycles. The van der Waals surface area contributed by atoms with Gasteiger partial charge >= 0.3 is 12.1 Å². The molecule has 7 heteroatoms. The van der Waals surface area contributed by atoms with Crippen molar-refractivity contribution in [2.24, 2.45) is 5.92 Å². The molecule has 34 heavy (non-hydrogen) atoms. The van der Waals surface area contributed by atoms with Crippen molar-refractivity contribution >= 4 is 18.0 Å². The third-order valence-corrected chi connectivity index (χ3v) is 7.52.